The molecule has 0 radical (unpaired) electrons. The van der Waals surface area contributed by atoms with Gasteiger partial charge in [-0.15, -0.1) is 5.10 Å². The van der Waals surface area contributed by atoms with E-state index in [-0.39, 0.29) is 18.0 Å². The van der Waals surface area contributed by atoms with E-state index in [1.165, 1.54) is 0 Å². The SMILES string of the molecule is Cc1ccc2c(c1)ncn2CC(=O)NCC1(n2ccnn2)CC1. The highest BCUT2D eigenvalue weighted by molar-refractivity contribution is 5.80. The number of aryl methyl sites for hydroxylation is 1. The van der Waals surface area contributed by atoms with Crippen molar-refractivity contribution >= 4 is 16.9 Å². The van der Waals surface area contributed by atoms with Crippen molar-refractivity contribution in [3.8, 4) is 0 Å². The minimum atomic E-state index is -0.0831. The number of nitrogens with zero attached hydrogens (tertiary/aromatic N) is 5. The summed E-state index contributed by atoms with van der Waals surface area (Å²) in [5, 5.41) is 10.9. The quantitative estimate of drug-likeness (QED) is 0.769. The maximum atomic E-state index is 12.3. The summed E-state index contributed by atoms with van der Waals surface area (Å²) in [7, 11) is 0. The lowest BCUT2D eigenvalue weighted by molar-refractivity contribution is -0.121. The van der Waals surface area contributed by atoms with Gasteiger partial charge in [-0.25, -0.2) is 9.67 Å². The third-order valence-electron chi connectivity index (χ3n) is 4.44. The molecule has 1 amide bonds. The average molecular weight is 310 g/mol. The summed E-state index contributed by atoms with van der Waals surface area (Å²) in [5.41, 5.74) is 2.97. The second-order valence-electron chi connectivity index (χ2n) is 6.21. The zero-order chi connectivity index (χ0) is 15.9. The van der Waals surface area contributed by atoms with Crippen LogP contribution in [-0.2, 0) is 16.9 Å². The van der Waals surface area contributed by atoms with Crippen LogP contribution in [-0.4, -0.2) is 37.0 Å². The minimum Gasteiger partial charge on any atom is -0.352 e. The molecule has 0 bridgehead atoms. The first kappa shape index (κ1) is 13.9. The molecule has 1 aromatic carbocycles. The Balaban J connectivity index is 1.42. The zero-order valence-electron chi connectivity index (χ0n) is 12.9. The number of benzene rings is 1. The Morgan fingerprint density at radius 2 is 2.26 bits per heavy atom. The maximum absolute atomic E-state index is 12.3. The van der Waals surface area contributed by atoms with Crippen LogP contribution in [0.5, 0.6) is 0 Å². The van der Waals surface area contributed by atoms with Crippen molar-refractivity contribution in [2.24, 2.45) is 0 Å². The fourth-order valence-electron chi connectivity index (χ4n) is 2.87. The van der Waals surface area contributed by atoms with Crippen LogP contribution in [0.25, 0.3) is 11.0 Å². The molecule has 2 aromatic heterocycles. The molecule has 2 heterocycles. The Labute approximate surface area is 133 Å². The van der Waals surface area contributed by atoms with Gasteiger partial charge in [-0.2, -0.15) is 0 Å². The number of fused-ring (bicyclic) bond motifs is 1. The topological polar surface area (TPSA) is 77.6 Å². The van der Waals surface area contributed by atoms with Gasteiger partial charge < -0.3 is 9.88 Å². The number of amides is 1. The Bertz CT molecular complexity index is 847. The Morgan fingerprint density at radius 1 is 1.39 bits per heavy atom. The molecule has 0 spiro atoms. The largest absolute Gasteiger partial charge is 0.352 e. The van der Waals surface area contributed by atoms with E-state index in [4.69, 9.17) is 0 Å². The van der Waals surface area contributed by atoms with Crippen LogP contribution in [0.1, 0.15) is 18.4 Å². The monoisotopic (exact) mass is 310 g/mol. The molecule has 1 saturated carbocycles. The van der Waals surface area contributed by atoms with Gasteiger partial charge in [0.2, 0.25) is 5.91 Å². The summed E-state index contributed by atoms with van der Waals surface area (Å²) in [5.74, 6) is -0.0173. The first-order valence-corrected chi connectivity index (χ1v) is 7.71. The van der Waals surface area contributed by atoms with E-state index in [9.17, 15) is 4.79 Å². The average Bonchev–Trinajstić information content (AvgIpc) is 2.96. The van der Waals surface area contributed by atoms with Crippen LogP contribution in [0.2, 0.25) is 0 Å². The van der Waals surface area contributed by atoms with Crippen molar-refractivity contribution < 1.29 is 4.79 Å². The molecular weight excluding hydrogens is 292 g/mol. The van der Waals surface area contributed by atoms with E-state index in [0.29, 0.717) is 6.54 Å². The fraction of sp³-hybridized carbons (Fsp3) is 0.375. The van der Waals surface area contributed by atoms with Gasteiger partial charge in [-0.05, 0) is 37.5 Å². The standard InChI is InChI=1S/C16H18N6O/c1-12-2-3-14-13(8-12)18-11-21(14)9-15(23)17-10-16(4-5-16)22-7-6-19-20-22/h2-3,6-8,11H,4-5,9-10H2,1H3,(H,17,23). The second-order valence-corrected chi connectivity index (χ2v) is 6.21. The van der Waals surface area contributed by atoms with Gasteiger partial charge in [0.1, 0.15) is 6.54 Å². The van der Waals surface area contributed by atoms with E-state index in [0.717, 1.165) is 29.4 Å². The molecule has 3 aromatic rings. The third kappa shape index (κ3) is 2.58. The van der Waals surface area contributed by atoms with Crippen LogP contribution in [0.3, 0.4) is 0 Å². The van der Waals surface area contributed by atoms with Crippen LogP contribution >= 0.6 is 0 Å². The zero-order valence-corrected chi connectivity index (χ0v) is 12.9. The Kier molecular flexibility index (Phi) is 3.14. The third-order valence-corrected chi connectivity index (χ3v) is 4.44. The van der Waals surface area contributed by atoms with Gasteiger partial charge in [0.15, 0.2) is 0 Å². The summed E-state index contributed by atoms with van der Waals surface area (Å²) >= 11 is 0. The number of aromatic nitrogens is 5. The molecule has 4 rings (SSSR count). The summed E-state index contributed by atoms with van der Waals surface area (Å²) in [6.45, 7) is 2.89. The van der Waals surface area contributed by atoms with Crippen LogP contribution < -0.4 is 5.32 Å². The molecule has 118 valence electrons. The smallest absolute Gasteiger partial charge is 0.240 e. The minimum absolute atomic E-state index is 0.0173. The van der Waals surface area contributed by atoms with Crippen molar-refractivity contribution in [3.63, 3.8) is 0 Å². The van der Waals surface area contributed by atoms with Crippen molar-refractivity contribution in [2.45, 2.75) is 31.8 Å². The van der Waals surface area contributed by atoms with Gasteiger partial charge in [0.05, 0.1) is 29.1 Å². The van der Waals surface area contributed by atoms with Gasteiger partial charge in [0, 0.05) is 12.7 Å². The van der Waals surface area contributed by atoms with Gasteiger partial charge in [-0.3, -0.25) is 4.79 Å². The molecule has 0 aliphatic heterocycles. The molecule has 1 fully saturated rings. The summed E-state index contributed by atoms with van der Waals surface area (Å²) in [6, 6.07) is 6.05. The number of hydrogen-bond donors (Lipinski definition) is 1. The molecule has 23 heavy (non-hydrogen) atoms. The number of imidazole rings is 1. The number of carbonyl (C=O) groups is 1. The predicted molar refractivity (Wildman–Crippen MR) is 84.7 cm³/mol. The molecule has 7 heteroatoms. The van der Waals surface area contributed by atoms with Crippen molar-refractivity contribution in [3.05, 3.63) is 42.5 Å². The predicted octanol–water partition coefficient (Wildman–Crippen LogP) is 1.24. The number of nitrogens with one attached hydrogen (secondary N) is 1. The van der Waals surface area contributed by atoms with E-state index in [2.05, 4.69) is 20.6 Å². The van der Waals surface area contributed by atoms with Crippen molar-refractivity contribution in [1.82, 2.24) is 29.9 Å². The summed E-state index contributed by atoms with van der Waals surface area (Å²) < 4.78 is 3.72. The van der Waals surface area contributed by atoms with Crippen molar-refractivity contribution in [1.29, 1.82) is 0 Å². The molecular formula is C16H18N6O. The van der Waals surface area contributed by atoms with Crippen LogP contribution in [0.4, 0.5) is 0 Å². The summed E-state index contributed by atoms with van der Waals surface area (Å²) in [6.07, 6.45) is 7.27. The van der Waals surface area contributed by atoms with E-state index >= 15 is 0 Å². The highest BCUT2D eigenvalue weighted by Crippen LogP contribution is 2.41. The van der Waals surface area contributed by atoms with Gasteiger partial charge in [0.25, 0.3) is 0 Å². The summed E-state index contributed by atoms with van der Waals surface area (Å²) in [4.78, 5) is 16.6. The van der Waals surface area contributed by atoms with Crippen LogP contribution in [0, 0.1) is 6.92 Å². The van der Waals surface area contributed by atoms with Crippen LogP contribution in [0.15, 0.2) is 36.9 Å². The second kappa shape index (κ2) is 5.19. The lowest BCUT2D eigenvalue weighted by Gasteiger charge is -2.16. The molecule has 0 unspecified atom stereocenters. The first-order chi connectivity index (χ1) is 11.2. The molecule has 1 aliphatic rings. The molecule has 1 aliphatic carbocycles. The van der Waals surface area contributed by atoms with E-state index in [1.54, 1.807) is 12.5 Å². The number of hydrogen-bond acceptors (Lipinski definition) is 4. The highest BCUT2D eigenvalue weighted by Gasteiger charge is 2.45. The Hall–Kier alpha value is -2.70. The lowest BCUT2D eigenvalue weighted by Crippen LogP contribution is -2.37. The first-order valence-electron chi connectivity index (χ1n) is 7.71. The maximum Gasteiger partial charge on any atom is 0.240 e. The van der Waals surface area contributed by atoms with E-state index < -0.39 is 0 Å². The lowest BCUT2D eigenvalue weighted by atomic mass is 10.2. The number of rotatable bonds is 5. The molecule has 7 nitrogen and oxygen atoms in total. The fourth-order valence-corrected chi connectivity index (χ4v) is 2.87. The highest BCUT2D eigenvalue weighted by atomic mass is 16.1. The molecule has 0 saturated heterocycles. The van der Waals surface area contributed by atoms with Gasteiger partial charge >= 0.3 is 0 Å². The molecule has 0 atom stereocenters. The number of carbonyl (C=O) groups excluding carboxylic acids is 1. The van der Waals surface area contributed by atoms with E-state index in [1.807, 2.05) is 40.6 Å². The van der Waals surface area contributed by atoms with Gasteiger partial charge in [-0.1, -0.05) is 11.3 Å². The molecule has 1 N–H and O–H groups in total. The Morgan fingerprint density at radius 3 is 3.00 bits per heavy atom. The van der Waals surface area contributed by atoms with Crippen molar-refractivity contribution in [2.75, 3.05) is 6.54 Å². The normalized spacial score (nSPS) is 15.7.